The predicted molar refractivity (Wildman–Crippen MR) is 50.2 cm³/mol. The zero-order chi connectivity index (χ0) is 9.42. The Balaban J connectivity index is 2.72. The van der Waals surface area contributed by atoms with Gasteiger partial charge in [0.15, 0.2) is 0 Å². The van der Waals surface area contributed by atoms with Crippen LogP contribution in [0.2, 0.25) is 0 Å². The first-order valence-electron chi connectivity index (χ1n) is 4.22. The standard InChI is InChI=1S/C11H10O2/c1-3-9-8-6-4-5-7(2)10(8)11(12)13-9/h3-6H,1-2H3/b9-3-. The summed E-state index contributed by atoms with van der Waals surface area (Å²) in [4.78, 5) is 11.4. The summed E-state index contributed by atoms with van der Waals surface area (Å²) in [5.41, 5.74) is 2.59. The number of carbonyl (C=O) groups is 1. The molecule has 0 radical (unpaired) electrons. The topological polar surface area (TPSA) is 26.3 Å². The SMILES string of the molecule is C/C=C1\OC(=O)c2c(C)cccc21. The molecule has 66 valence electrons. The molecule has 2 nitrogen and oxygen atoms in total. The van der Waals surface area contributed by atoms with Gasteiger partial charge in [-0.1, -0.05) is 18.2 Å². The molecular weight excluding hydrogens is 164 g/mol. The number of fused-ring (bicyclic) bond motifs is 1. The van der Waals surface area contributed by atoms with E-state index in [1.807, 2.05) is 38.1 Å². The monoisotopic (exact) mass is 174 g/mol. The molecule has 2 heteroatoms. The van der Waals surface area contributed by atoms with Crippen molar-refractivity contribution in [2.75, 3.05) is 0 Å². The molecule has 0 amide bonds. The molecule has 0 fully saturated rings. The lowest BCUT2D eigenvalue weighted by Crippen LogP contribution is -1.96. The van der Waals surface area contributed by atoms with Crippen LogP contribution >= 0.6 is 0 Å². The summed E-state index contributed by atoms with van der Waals surface area (Å²) >= 11 is 0. The highest BCUT2D eigenvalue weighted by Crippen LogP contribution is 2.31. The maximum Gasteiger partial charge on any atom is 0.344 e. The van der Waals surface area contributed by atoms with Gasteiger partial charge in [0.2, 0.25) is 0 Å². The summed E-state index contributed by atoms with van der Waals surface area (Å²) in [6.07, 6.45) is 1.81. The summed E-state index contributed by atoms with van der Waals surface area (Å²) < 4.78 is 5.08. The molecular formula is C11H10O2. The molecule has 0 saturated heterocycles. The van der Waals surface area contributed by atoms with Gasteiger partial charge < -0.3 is 4.74 Å². The molecule has 1 aromatic carbocycles. The summed E-state index contributed by atoms with van der Waals surface area (Å²) in [7, 11) is 0. The van der Waals surface area contributed by atoms with E-state index >= 15 is 0 Å². The van der Waals surface area contributed by atoms with Crippen LogP contribution in [-0.2, 0) is 4.74 Å². The van der Waals surface area contributed by atoms with Gasteiger partial charge in [-0.2, -0.15) is 0 Å². The number of hydrogen-bond donors (Lipinski definition) is 0. The number of cyclic esters (lactones) is 1. The Labute approximate surface area is 76.8 Å². The Bertz CT molecular complexity index is 403. The Morgan fingerprint density at radius 2 is 2.15 bits per heavy atom. The van der Waals surface area contributed by atoms with E-state index in [-0.39, 0.29) is 5.97 Å². The average molecular weight is 174 g/mol. The van der Waals surface area contributed by atoms with Crippen LogP contribution in [0.5, 0.6) is 0 Å². The molecule has 0 atom stereocenters. The van der Waals surface area contributed by atoms with Crippen LogP contribution in [0.3, 0.4) is 0 Å². The number of hydrogen-bond acceptors (Lipinski definition) is 2. The minimum absolute atomic E-state index is 0.235. The van der Waals surface area contributed by atoms with Gasteiger partial charge in [0.25, 0.3) is 0 Å². The van der Waals surface area contributed by atoms with Gasteiger partial charge in [-0.05, 0) is 25.5 Å². The summed E-state index contributed by atoms with van der Waals surface area (Å²) in [6.45, 7) is 3.78. The summed E-state index contributed by atoms with van der Waals surface area (Å²) in [5, 5.41) is 0. The molecule has 0 N–H and O–H groups in total. The molecule has 1 aromatic rings. The van der Waals surface area contributed by atoms with Crippen molar-refractivity contribution in [2.24, 2.45) is 0 Å². The normalized spacial score (nSPS) is 17.4. The van der Waals surface area contributed by atoms with Crippen LogP contribution in [0.25, 0.3) is 5.76 Å². The summed E-state index contributed by atoms with van der Waals surface area (Å²) in [6, 6.07) is 5.75. The third-order valence-electron chi connectivity index (χ3n) is 2.21. The molecule has 0 bridgehead atoms. The number of rotatable bonds is 0. The fourth-order valence-electron chi connectivity index (χ4n) is 1.56. The largest absolute Gasteiger partial charge is 0.423 e. The maximum absolute atomic E-state index is 11.4. The van der Waals surface area contributed by atoms with Crippen LogP contribution in [0.15, 0.2) is 24.3 Å². The Hall–Kier alpha value is -1.57. The quantitative estimate of drug-likeness (QED) is 0.565. The first-order valence-corrected chi connectivity index (χ1v) is 4.22. The minimum Gasteiger partial charge on any atom is -0.423 e. The van der Waals surface area contributed by atoms with Crippen LogP contribution in [0.4, 0.5) is 0 Å². The Kier molecular flexibility index (Phi) is 1.69. The van der Waals surface area contributed by atoms with Crippen molar-refractivity contribution < 1.29 is 9.53 Å². The molecule has 13 heavy (non-hydrogen) atoms. The highest BCUT2D eigenvalue weighted by atomic mass is 16.5. The van der Waals surface area contributed by atoms with Gasteiger partial charge in [-0.3, -0.25) is 0 Å². The second-order valence-electron chi connectivity index (χ2n) is 3.04. The molecule has 0 aliphatic carbocycles. The third kappa shape index (κ3) is 1.06. The predicted octanol–water partition coefficient (Wildman–Crippen LogP) is 2.53. The van der Waals surface area contributed by atoms with Crippen molar-refractivity contribution in [1.29, 1.82) is 0 Å². The number of benzene rings is 1. The van der Waals surface area contributed by atoms with Crippen molar-refractivity contribution in [3.8, 4) is 0 Å². The smallest absolute Gasteiger partial charge is 0.344 e. The fraction of sp³-hybridized carbons (Fsp3) is 0.182. The van der Waals surface area contributed by atoms with Crippen LogP contribution < -0.4 is 0 Å². The fourth-order valence-corrected chi connectivity index (χ4v) is 1.56. The van der Waals surface area contributed by atoms with E-state index in [4.69, 9.17) is 4.74 Å². The van der Waals surface area contributed by atoms with Crippen molar-refractivity contribution in [2.45, 2.75) is 13.8 Å². The summed E-state index contributed by atoms with van der Waals surface area (Å²) in [5.74, 6) is 0.435. The third-order valence-corrected chi connectivity index (χ3v) is 2.21. The van der Waals surface area contributed by atoms with Crippen molar-refractivity contribution >= 4 is 11.7 Å². The van der Waals surface area contributed by atoms with E-state index in [0.29, 0.717) is 11.3 Å². The van der Waals surface area contributed by atoms with Gasteiger partial charge in [-0.25, -0.2) is 4.79 Å². The second-order valence-corrected chi connectivity index (χ2v) is 3.04. The Morgan fingerprint density at radius 1 is 1.38 bits per heavy atom. The van der Waals surface area contributed by atoms with E-state index in [2.05, 4.69) is 0 Å². The number of esters is 1. The van der Waals surface area contributed by atoms with E-state index in [1.165, 1.54) is 0 Å². The number of allylic oxidation sites excluding steroid dienone is 1. The van der Waals surface area contributed by atoms with E-state index < -0.39 is 0 Å². The zero-order valence-corrected chi connectivity index (χ0v) is 7.63. The number of aryl methyl sites for hydroxylation is 1. The molecule has 0 unspecified atom stereocenters. The Morgan fingerprint density at radius 3 is 2.85 bits per heavy atom. The molecule has 1 aliphatic heterocycles. The zero-order valence-electron chi connectivity index (χ0n) is 7.63. The molecule has 2 rings (SSSR count). The number of carbonyl (C=O) groups excluding carboxylic acids is 1. The van der Waals surface area contributed by atoms with E-state index in [9.17, 15) is 4.79 Å². The van der Waals surface area contributed by atoms with Gasteiger partial charge in [0.05, 0.1) is 5.56 Å². The number of ether oxygens (including phenoxy) is 1. The van der Waals surface area contributed by atoms with Crippen molar-refractivity contribution in [1.82, 2.24) is 0 Å². The lowest BCUT2D eigenvalue weighted by molar-refractivity contribution is 0.0715. The highest BCUT2D eigenvalue weighted by Gasteiger charge is 2.26. The van der Waals surface area contributed by atoms with Gasteiger partial charge in [0, 0.05) is 5.56 Å². The van der Waals surface area contributed by atoms with Gasteiger partial charge >= 0.3 is 5.97 Å². The lowest BCUT2D eigenvalue weighted by atomic mass is 10.0. The van der Waals surface area contributed by atoms with E-state index in [0.717, 1.165) is 11.1 Å². The van der Waals surface area contributed by atoms with Crippen molar-refractivity contribution in [3.63, 3.8) is 0 Å². The van der Waals surface area contributed by atoms with Gasteiger partial charge in [-0.15, -0.1) is 0 Å². The van der Waals surface area contributed by atoms with Crippen LogP contribution in [0, 0.1) is 6.92 Å². The second kappa shape index (κ2) is 2.73. The molecule has 0 spiro atoms. The van der Waals surface area contributed by atoms with Crippen molar-refractivity contribution in [3.05, 3.63) is 41.0 Å². The molecule has 1 heterocycles. The molecule has 0 aromatic heterocycles. The average Bonchev–Trinajstić information content (AvgIpc) is 2.44. The van der Waals surface area contributed by atoms with Gasteiger partial charge in [0.1, 0.15) is 5.76 Å². The van der Waals surface area contributed by atoms with Crippen LogP contribution in [0.1, 0.15) is 28.4 Å². The highest BCUT2D eigenvalue weighted by molar-refractivity contribution is 6.04. The lowest BCUT2D eigenvalue weighted by Gasteiger charge is -1.97. The first-order chi connectivity index (χ1) is 6.24. The molecule has 1 aliphatic rings. The minimum atomic E-state index is -0.235. The molecule has 0 saturated carbocycles. The van der Waals surface area contributed by atoms with E-state index in [1.54, 1.807) is 0 Å². The first kappa shape index (κ1) is 8.05. The van der Waals surface area contributed by atoms with Crippen LogP contribution in [-0.4, -0.2) is 5.97 Å². The maximum atomic E-state index is 11.4.